The molecular formula is C14H19NO3. The van der Waals surface area contributed by atoms with Crippen LogP contribution in [-0.4, -0.2) is 45.8 Å². The Labute approximate surface area is 107 Å². The number of likely N-dealkylation sites (tertiary alicyclic amines) is 1. The number of nitrogens with zero attached hydrogens (tertiary/aromatic N) is 1. The highest BCUT2D eigenvalue weighted by Crippen LogP contribution is 2.34. The zero-order chi connectivity index (χ0) is 13.3. The van der Waals surface area contributed by atoms with Gasteiger partial charge in [0.15, 0.2) is 0 Å². The molecule has 18 heavy (non-hydrogen) atoms. The van der Waals surface area contributed by atoms with Crippen molar-refractivity contribution in [2.75, 3.05) is 13.2 Å². The van der Waals surface area contributed by atoms with Crippen molar-refractivity contribution in [3.05, 3.63) is 35.9 Å². The van der Waals surface area contributed by atoms with Crippen molar-refractivity contribution in [2.45, 2.75) is 25.5 Å². The minimum absolute atomic E-state index is 0.101. The third-order valence-corrected chi connectivity index (χ3v) is 3.78. The molecule has 98 valence electrons. The van der Waals surface area contributed by atoms with Gasteiger partial charge in [0.2, 0.25) is 0 Å². The Bertz CT molecular complexity index is 430. The van der Waals surface area contributed by atoms with E-state index in [-0.39, 0.29) is 18.4 Å². The maximum atomic E-state index is 12.4. The Balaban J connectivity index is 2.26. The Hall–Kier alpha value is -1.39. The summed E-state index contributed by atoms with van der Waals surface area (Å²) in [7, 11) is 0. The predicted octanol–water partition coefficient (Wildman–Crippen LogP) is 0.890. The lowest BCUT2D eigenvalue weighted by molar-refractivity contribution is 0.0261. The standard InChI is InChI=1S/C14H19NO3/c1-14(2)12(17)11(9-16)8-15(14)13(18)10-6-4-3-5-7-10/h3-7,11-12,16-17H,8-9H2,1-2H3. The molecule has 2 rings (SSSR count). The molecule has 1 heterocycles. The normalized spacial score (nSPS) is 26.3. The number of benzene rings is 1. The molecule has 1 aliphatic rings. The number of rotatable bonds is 2. The molecule has 1 saturated heterocycles. The maximum absolute atomic E-state index is 12.4. The molecule has 1 aromatic carbocycles. The number of hydrogen-bond acceptors (Lipinski definition) is 3. The predicted molar refractivity (Wildman–Crippen MR) is 68.1 cm³/mol. The molecule has 0 aliphatic carbocycles. The first-order valence-corrected chi connectivity index (χ1v) is 6.14. The van der Waals surface area contributed by atoms with E-state index in [1.807, 2.05) is 32.0 Å². The van der Waals surface area contributed by atoms with E-state index in [0.717, 1.165) is 0 Å². The zero-order valence-electron chi connectivity index (χ0n) is 10.7. The zero-order valence-corrected chi connectivity index (χ0v) is 10.7. The first-order chi connectivity index (χ1) is 8.48. The van der Waals surface area contributed by atoms with Crippen LogP contribution < -0.4 is 0 Å². The summed E-state index contributed by atoms with van der Waals surface area (Å²) in [6.45, 7) is 3.93. The first kappa shape index (κ1) is 13.1. The highest BCUT2D eigenvalue weighted by molar-refractivity contribution is 5.95. The fraction of sp³-hybridized carbons (Fsp3) is 0.500. The van der Waals surface area contributed by atoms with Gasteiger partial charge in [0.25, 0.3) is 5.91 Å². The van der Waals surface area contributed by atoms with E-state index in [1.54, 1.807) is 17.0 Å². The van der Waals surface area contributed by atoms with Gasteiger partial charge in [-0.05, 0) is 26.0 Å². The monoisotopic (exact) mass is 249 g/mol. The number of aliphatic hydroxyl groups excluding tert-OH is 2. The van der Waals surface area contributed by atoms with E-state index in [1.165, 1.54) is 0 Å². The lowest BCUT2D eigenvalue weighted by atomic mass is 9.93. The van der Waals surface area contributed by atoms with Crippen LogP contribution in [0.5, 0.6) is 0 Å². The molecule has 1 aromatic rings. The minimum atomic E-state index is -0.699. The summed E-state index contributed by atoms with van der Waals surface area (Å²) in [4.78, 5) is 14.0. The third kappa shape index (κ3) is 2.02. The van der Waals surface area contributed by atoms with E-state index in [2.05, 4.69) is 0 Å². The Morgan fingerprint density at radius 2 is 2.00 bits per heavy atom. The minimum Gasteiger partial charge on any atom is -0.396 e. The van der Waals surface area contributed by atoms with Crippen LogP contribution >= 0.6 is 0 Å². The van der Waals surface area contributed by atoms with E-state index < -0.39 is 11.6 Å². The fourth-order valence-corrected chi connectivity index (χ4v) is 2.54. The Morgan fingerprint density at radius 1 is 1.39 bits per heavy atom. The second kappa shape index (κ2) is 4.71. The van der Waals surface area contributed by atoms with Crippen molar-refractivity contribution in [1.29, 1.82) is 0 Å². The molecule has 2 unspecified atom stereocenters. The van der Waals surface area contributed by atoms with Crippen molar-refractivity contribution in [3.8, 4) is 0 Å². The van der Waals surface area contributed by atoms with Crippen LogP contribution in [0.25, 0.3) is 0 Å². The van der Waals surface area contributed by atoms with Gasteiger partial charge in [-0.25, -0.2) is 0 Å². The Kier molecular flexibility index (Phi) is 3.41. The quantitative estimate of drug-likeness (QED) is 0.818. The molecule has 0 saturated carbocycles. The highest BCUT2D eigenvalue weighted by Gasteiger charge is 2.48. The molecule has 4 heteroatoms. The number of carbonyl (C=O) groups is 1. The van der Waals surface area contributed by atoms with Crippen molar-refractivity contribution in [2.24, 2.45) is 5.92 Å². The van der Waals surface area contributed by atoms with Gasteiger partial charge >= 0.3 is 0 Å². The lowest BCUT2D eigenvalue weighted by Crippen LogP contribution is -2.48. The van der Waals surface area contributed by atoms with Gasteiger partial charge in [0.1, 0.15) is 0 Å². The van der Waals surface area contributed by atoms with E-state index >= 15 is 0 Å². The molecule has 0 spiro atoms. The SMILES string of the molecule is CC1(C)C(O)C(CO)CN1C(=O)c1ccccc1. The van der Waals surface area contributed by atoms with Crippen LogP contribution in [0, 0.1) is 5.92 Å². The van der Waals surface area contributed by atoms with Gasteiger partial charge in [0, 0.05) is 18.0 Å². The van der Waals surface area contributed by atoms with Gasteiger partial charge in [-0.1, -0.05) is 18.2 Å². The number of amides is 1. The molecule has 1 fully saturated rings. The molecule has 2 atom stereocenters. The summed E-state index contributed by atoms with van der Waals surface area (Å²) in [6.07, 6.45) is -0.699. The topological polar surface area (TPSA) is 60.8 Å². The molecule has 0 aromatic heterocycles. The molecule has 0 radical (unpaired) electrons. The van der Waals surface area contributed by atoms with E-state index in [9.17, 15) is 15.0 Å². The van der Waals surface area contributed by atoms with Crippen LogP contribution in [0.1, 0.15) is 24.2 Å². The summed E-state index contributed by atoms with van der Waals surface area (Å²) in [5.74, 6) is -0.372. The summed E-state index contributed by atoms with van der Waals surface area (Å²) < 4.78 is 0. The average molecular weight is 249 g/mol. The first-order valence-electron chi connectivity index (χ1n) is 6.14. The summed E-state index contributed by atoms with van der Waals surface area (Å²) in [5, 5.41) is 19.4. The third-order valence-electron chi connectivity index (χ3n) is 3.78. The van der Waals surface area contributed by atoms with Crippen molar-refractivity contribution >= 4 is 5.91 Å². The van der Waals surface area contributed by atoms with Gasteiger partial charge in [0.05, 0.1) is 18.2 Å². The smallest absolute Gasteiger partial charge is 0.254 e. The molecular weight excluding hydrogens is 230 g/mol. The van der Waals surface area contributed by atoms with Gasteiger partial charge in [-0.3, -0.25) is 4.79 Å². The second-order valence-corrected chi connectivity index (χ2v) is 5.32. The second-order valence-electron chi connectivity index (χ2n) is 5.32. The van der Waals surface area contributed by atoms with Crippen LogP contribution in [0.4, 0.5) is 0 Å². The largest absolute Gasteiger partial charge is 0.396 e. The van der Waals surface area contributed by atoms with E-state index in [0.29, 0.717) is 12.1 Å². The lowest BCUT2D eigenvalue weighted by Gasteiger charge is -2.33. The summed E-state index contributed by atoms with van der Waals surface area (Å²) >= 11 is 0. The number of hydrogen-bond donors (Lipinski definition) is 2. The Morgan fingerprint density at radius 3 is 2.50 bits per heavy atom. The molecule has 2 N–H and O–H groups in total. The van der Waals surface area contributed by atoms with Crippen molar-refractivity contribution < 1.29 is 15.0 Å². The highest BCUT2D eigenvalue weighted by atomic mass is 16.3. The summed E-state index contributed by atoms with van der Waals surface area (Å²) in [5.41, 5.74) is -0.0447. The molecule has 4 nitrogen and oxygen atoms in total. The molecule has 1 aliphatic heterocycles. The fourth-order valence-electron chi connectivity index (χ4n) is 2.54. The van der Waals surface area contributed by atoms with Crippen LogP contribution in [0.3, 0.4) is 0 Å². The molecule has 1 amide bonds. The van der Waals surface area contributed by atoms with Gasteiger partial charge in [-0.2, -0.15) is 0 Å². The van der Waals surface area contributed by atoms with Crippen LogP contribution in [0.2, 0.25) is 0 Å². The van der Waals surface area contributed by atoms with E-state index in [4.69, 9.17) is 0 Å². The number of aliphatic hydroxyl groups is 2. The van der Waals surface area contributed by atoms with Gasteiger partial charge < -0.3 is 15.1 Å². The van der Waals surface area contributed by atoms with Crippen LogP contribution in [0.15, 0.2) is 30.3 Å². The average Bonchev–Trinajstić information content (AvgIpc) is 2.61. The van der Waals surface area contributed by atoms with Gasteiger partial charge in [-0.15, -0.1) is 0 Å². The molecule has 0 bridgehead atoms. The van der Waals surface area contributed by atoms with Crippen LogP contribution in [-0.2, 0) is 0 Å². The van der Waals surface area contributed by atoms with Crippen molar-refractivity contribution in [1.82, 2.24) is 4.90 Å². The van der Waals surface area contributed by atoms with Crippen molar-refractivity contribution in [3.63, 3.8) is 0 Å². The maximum Gasteiger partial charge on any atom is 0.254 e. The number of carbonyl (C=O) groups excluding carboxylic acids is 1. The summed E-state index contributed by atoms with van der Waals surface area (Å²) in [6, 6.07) is 9.01.